The number of aromatic nitrogens is 6. The van der Waals surface area contributed by atoms with Crippen molar-refractivity contribution in [1.29, 1.82) is 0 Å². The summed E-state index contributed by atoms with van der Waals surface area (Å²) in [4.78, 5) is 13.7. The van der Waals surface area contributed by atoms with Gasteiger partial charge >= 0.3 is 6.18 Å². The van der Waals surface area contributed by atoms with Crippen molar-refractivity contribution < 1.29 is 27.4 Å². The molecule has 39 heavy (non-hydrogen) atoms. The predicted molar refractivity (Wildman–Crippen MR) is 136 cm³/mol. The molecule has 0 saturated carbocycles. The van der Waals surface area contributed by atoms with E-state index < -0.39 is 11.8 Å². The summed E-state index contributed by atoms with van der Waals surface area (Å²) >= 11 is 0. The zero-order chi connectivity index (χ0) is 27.9. The van der Waals surface area contributed by atoms with Crippen LogP contribution in [-0.4, -0.2) is 56.8 Å². The van der Waals surface area contributed by atoms with Crippen molar-refractivity contribution in [3.8, 4) is 28.8 Å². The second kappa shape index (κ2) is 9.99. The molecule has 12 heteroatoms. The number of hydrogen-bond acceptors (Lipinski definition) is 7. The van der Waals surface area contributed by atoms with Gasteiger partial charge in [-0.1, -0.05) is 6.07 Å². The molecule has 5 rings (SSSR count). The minimum atomic E-state index is -4.61. The van der Waals surface area contributed by atoms with E-state index in [4.69, 9.17) is 19.2 Å². The fraction of sp³-hybridized carbons (Fsp3) is 0.407. The molecule has 2 atom stereocenters. The number of fused-ring (bicyclic) bond motifs is 1. The zero-order valence-electron chi connectivity index (χ0n) is 22.3. The number of hydrogen-bond donors (Lipinski definition) is 0. The number of rotatable bonds is 7. The fourth-order valence-corrected chi connectivity index (χ4v) is 4.91. The Labute approximate surface area is 223 Å². The highest BCUT2D eigenvalue weighted by Gasteiger charge is 2.53. The lowest BCUT2D eigenvalue weighted by molar-refractivity contribution is -0.269. The van der Waals surface area contributed by atoms with Crippen molar-refractivity contribution in [2.75, 3.05) is 21.3 Å². The minimum Gasteiger partial charge on any atom is -0.496 e. The molecule has 1 aromatic carbocycles. The number of benzene rings is 1. The zero-order valence-corrected chi connectivity index (χ0v) is 22.3. The number of nitrogens with zero attached hydrogens (tertiary/aromatic N) is 6. The molecule has 0 radical (unpaired) electrons. The summed E-state index contributed by atoms with van der Waals surface area (Å²) in [5.74, 6) is 1.56. The third kappa shape index (κ3) is 4.62. The van der Waals surface area contributed by atoms with Crippen LogP contribution in [0.2, 0.25) is 0 Å². The molecule has 0 bridgehead atoms. The van der Waals surface area contributed by atoms with Crippen molar-refractivity contribution in [2.24, 2.45) is 0 Å². The van der Waals surface area contributed by atoms with Gasteiger partial charge < -0.3 is 18.8 Å². The van der Waals surface area contributed by atoms with Gasteiger partial charge in [-0.25, -0.2) is 19.6 Å². The maximum atomic E-state index is 14.0. The second-order valence-electron chi connectivity index (χ2n) is 9.55. The first kappa shape index (κ1) is 26.7. The normalized spacial score (nSPS) is 17.0. The smallest absolute Gasteiger partial charge is 0.421 e. The molecule has 0 aliphatic carbocycles. The number of alkyl halides is 3. The number of ether oxygens (including phenoxy) is 3. The van der Waals surface area contributed by atoms with Crippen molar-refractivity contribution in [2.45, 2.75) is 50.9 Å². The molecule has 0 fully saturated rings. The van der Waals surface area contributed by atoms with E-state index in [9.17, 15) is 13.2 Å². The van der Waals surface area contributed by atoms with Crippen LogP contribution in [0.3, 0.4) is 0 Å². The monoisotopic (exact) mass is 542 g/mol. The average molecular weight is 543 g/mol. The molecule has 1 aliphatic rings. The van der Waals surface area contributed by atoms with E-state index in [-0.39, 0.29) is 11.5 Å². The SMILES string of the molecule is COc1ccc([C@@](C)(OC)C(F)(F)F)cc1[C@H]1CCCn2nc(-c3ccc(-n4cnc(C)c4)c(OC)n3)nc21. The molecule has 1 aliphatic heterocycles. The Hall–Kier alpha value is -3.93. The van der Waals surface area contributed by atoms with Crippen LogP contribution in [0, 0.1) is 6.92 Å². The van der Waals surface area contributed by atoms with Crippen LogP contribution in [0.4, 0.5) is 13.2 Å². The largest absolute Gasteiger partial charge is 0.496 e. The lowest BCUT2D eigenvalue weighted by Gasteiger charge is -2.32. The molecule has 0 N–H and O–H groups in total. The van der Waals surface area contributed by atoms with Gasteiger partial charge in [0.05, 0.1) is 26.2 Å². The first-order valence-corrected chi connectivity index (χ1v) is 12.4. The van der Waals surface area contributed by atoms with Crippen LogP contribution in [0.5, 0.6) is 11.6 Å². The second-order valence-corrected chi connectivity index (χ2v) is 9.55. The lowest BCUT2D eigenvalue weighted by Crippen LogP contribution is -2.41. The van der Waals surface area contributed by atoms with Gasteiger partial charge in [0, 0.05) is 31.3 Å². The predicted octanol–water partition coefficient (Wildman–Crippen LogP) is 5.20. The average Bonchev–Trinajstić information content (AvgIpc) is 3.57. The number of imidazole rings is 1. The van der Waals surface area contributed by atoms with Crippen molar-refractivity contribution in [1.82, 2.24) is 29.3 Å². The van der Waals surface area contributed by atoms with E-state index in [1.54, 1.807) is 23.1 Å². The standard InChI is InChI=1S/C27H29F3N6O3/c1-16-14-35(15-31-16)21-10-9-20(32-25(21)38-4)23-33-24-18(7-6-12-36(24)34-23)19-13-17(8-11-22(19)37-3)26(2,39-5)27(28,29)30/h8-11,13-15,18H,6-7,12H2,1-5H3/t18-,26-/m1/s1. The highest BCUT2D eigenvalue weighted by atomic mass is 19.4. The molecule has 9 nitrogen and oxygen atoms in total. The Morgan fingerprint density at radius 2 is 1.82 bits per heavy atom. The molecule has 3 aromatic heterocycles. The molecule has 206 valence electrons. The topological polar surface area (TPSA) is 89.1 Å². The maximum absolute atomic E-state index is 14.0. The van der Waals surface area contributed by atoms with E-state index in [1.165, 1.54) is 26.4 Å². The Morgan fingerprint density at radius 1 is 1.03 bits per heavy atom. The number of aryl methyl sites for hydroxylation is 2. The fourth-order valence-electron chi connectivity index (χ4n) is 4.91. The first-order chi connectivity index (χ1) is 18.6. The first-order valence-electron chi connectivity index (χ1n) is 12.4. The van der Waals surface area contributed by atoms with Crippen molar-refractivity contribution in [3.05, 3.63) is 65.5 Å². The number of methoxy groups -OCH3 is 3. The van der Waals surface area contributed by atoms with Gasteiger partial charge in [-0.05, 0) is 56.5 Å². The Morgan fingerprint density at radius 3 is 2.46 bits per heavy atom. The van der Waals surface area contributed by atoms with Crippen LogP contribution in [0.1, 0.15) is 48.3 Å². The van der Waals surface area contributed by atoms with Gasteiger partial charge in [0.1, 0.15) is 23.0 Å². The van der Waals surface area contributed by atoms with E-state index in [2.05, 4.69) is 15.1 Å². The molecular weight excluding hydrogens is 513 g/mol. The van der Waals surface area contributed by atoms with Crippen LogP contribution in [0.25, 0.3) is 17.2 Å². The molecular formula is C27H29F3N6O3. The lowest BCUT2D eigenvalue weighted by atomic mass is 9.86. The Kier molecular flexibility index (Phi) is 6.83. The Balaban J connectivity index is 1.56. The molecule has 0 unspecified atom stereocenters. The summed E-state index contributed by atoms with van der Waals surface area (Å²) in [6.07, 6.45) is 0.376. The van der Waals surface area contributed by atoms with Crippen LogP contribution in [0.15, 0.2) is 42.9 Å². The van der Waals surface area contributed by atoms with Gasteiger partial charge in [0.2, 0.25) is 5.88 Å². The number of halogens is 3. The molecule has 0 spiro atoms. The van der Waals surface area contributed by atoms with E-state index in [0.29, 0.717) is 47.5 Å². The van der Waals surface area contributed by atoms with Gasteiger partial charge in [0.25, 0.3) is 0 Å². The summed E-state index contributed by atoms with van der Waals surface area (Å²) in [5.41, 5.74) is 0.197. The quantitative estimate of drug-likeness (QED) is 0.317. The minimum absolute atomic E-state index is 0.0121. The van der Waals surface area contributed by atoms with Crippen molar-refractivity contribution in [3.63, 3.8) is 0 Å². The summed E-state index contributed by atoms with van der Waals surface area (Å²) in [6.45, 7) is 3.54. The van der Waals surface area contributed by atoms with Gasteiger partial charge in [-0.15, -0.1) is 5.10 Å². The summed E-state index contributed by atoms with van der Waals surface area (Å²) in [6, 6.07) is 8.10. The summed E-state index contributed by atoms with van der Waals surface area (Å²) < 4.78 is 61.6. The van der Waals surface area contributed by atoms with Gasteiger partial charge in [0.15, 0.2) is 11.4 Å². The van der Waals surface area contributed by atoms with Crippen LogP contribution < -0.4 is 9.47 Å². The molecule has 4 aromatic rings. The molecule has 0 saturated heterocycles. The third-order valence-electron chi connectivity index (χ3n) is 7.23. The highest BCUT2D eigenvalue weighted by molar-refractivity contribution is 5.56. The molecule has 4 heterocycles. The van der Waals surface area contributed by atoms with E-state index in [1.807, 2.05) is 23.8 Å². The van der Waals surface area contributed by atoms with Crippen LogP contribution in [-0.2, 0) is 16.9 Å². The Bertz CT molecular complexity index is 1500. The molecule has 0 amide bonds. The van der Waals surface area contributed by atoms with E-state index in [0.717, 1.165) is 31.8 Å². The van der Waals surface area contributed by atoms with Gasteiger partial charge in [-0.2, -0.15) is 13.2 Å². The van der Waals surface area contributed by atoms with Gasteiger partial charge in [-0.3, -0.25) is 0 Å². The summed E-state index contributed by atoms with van der Waals surface area (Å²) in [7, 11) is 4.09. The van der Waals surface area contributed by atoms with Crippen molar-refractivity contribution >= 4 is 0 Å². The van der Waals surface area contributed by atoms with E-state index >= 15 is 0 Å². The third-order valence-corrected chi connectivity index (χ3v) is 7.23. The summed E-state index contributed by atoms with van der Waals surface area (Å²) in [5, 5.41) is 4.68. The highest BCUT2D eigenvalue weighted by Crippen LogP contribution is 2.45. The van der Waals surface area contributed by atoms with Crippen LogP contribution >= 0.6 is 0 Å². The maximum Gasteiger partial charge on any atom is 0.421 e. The number of pyridine rings is 1.